The van der Waals surface area contributed by atoms with E-state index in [9.17, 15) is 4.79 Å². The Morgan fingerprint density at radius 1 is 1.21 bits per heavy atom. The number of nitrogens with zero attached hydrogens (tertiary/aromatic N) is 2. The fourth-order valence-electron chi connectivity index (χ4n) is 3.22. The van der Waals surface area contributed by atoms with Gasteiger partial charge in [0.15, 0.2) is 0 Å². The van der Waals surface area contributed by atoms with Gasteiger partial charge in [-0.3, -0.25) is 4.79 Å². The summed E-state index contributed by atoms with van der Waals surface area (Å²) in [4.78, 5) is 12.9. The molecule has 3 aromatic rings. The normalized spacial score (nSPS) is 14.4. The van der Waals surface area contributed by atoms with Gasteiger partial charge in [0.1, 0.15) is 0 Å². The van der Waals surface area contributed by atoms with Gasteiger partial charge in [-0.05, 0) is 48.4 Å². The predicted octanol–water partition coefficient (Wildman–Crippen LogP) is 5.93. The molecule has 0 saturated carbocycles. The van der Waals surface area contributed by atoms with E-state index < -0.39 is 0 Å². The first-order valence-corrected chi connectivity index (χ1v) is 12.0. The number of nitrogens with one attached hydrogen (secondary N) is 1. The molecule has 0 radical (unpaired) electrons. The fourth-order valence-corrected chi connectivity index (χ4v) is 6.32. The molecule has 0 aliphatic carbocycles. The van der Waals surface area contributed by atoms with Crippen LogP contribution in [-0.2, 0) is 6.42 Å². The van der Waals surface area contributed by atoms with Crippen LogP contribution in [0.4, 0.5) is 5.69 Å². The Labute approximate surface area is 181 Å². The summed E-state index contributed by atoms with van der Waals surface area (Å²) in [6.07, 6.45) is 2.37. The molecule has 1 aliphatic heterocycles. The maximum atomic E-state index is 12.9. The van der Waals surface area contributed by atoms with E-state index in [0.29, 0.717) is 16.6 Å². The molecule has 0 spiro atoms. The lowest BCUT2D eigenvalue weighted by molar-refractivity contribution is 0.102. The summed E-state index contributed by atoms with van der Waals surface area (Å²) in [7, 11) is 0. The van der Waals surface area contributed by atoms with Crippen LogP contribution in [0.1, 0.15) is 33.1 Å². The van der Waals surface area contributed by atoms with Gasteiger partial charge in [-0.2, -0.15) is 5.10 Å². The summed E-state index contributed by atoms with van der Waals surface area (Å²) >= 11 is 7.37. The summed E-state index contributed by atoms with van der Waals surface area (Å²) in [5.74, 6) is 2.24. The van der Waals surface area contributed by atoms with E-state index in [-0.39, 0.29) is 5.91 Å². The van der Waals surface area contributed by atoms with E-state index in [1.54, 1.807) is 6.20 Å². The van der Waals surface area contributed by atoms with Gasteiger partial charge in [0.05, 0.1) is 27.7 Å². The number of halogens is 1. The molecule has 1 aromatic heterocycles. The number of amides is 1. The van der Waals surface area contributed by atoms with Gasteiger partial charge < -0.3 is 5.32 Å². The Morgan fingerprint density at radius 3 is 2.68 bits per heavy atom. The molecule has 0 unspecified atom stereocenters. The molecule has 1 fully saturated rings. The highest BCUT2D eigenvalue weighted by Gasteiger charge is 2.20. The summed E-state index contributed by atoms with van der Waals surface area (Å²) in [5, 5.41) is 7.52. The second-order valence-corrected chi connectivity index (χ2v) is 10.0. The van der Waals surface area contributed by atoms with E-state index >= 15 is 0 Å². The lowest BCUT2D eigenvalue weighted by Crippen LogP contribution is -2.14. The molecule has 0 bridgehead atoms. The maximum absolute atomic E-state index is 12.9. The molecule has 144 valence electrons. The van der Waals surface area contributed by atoms with Crippen LogP contribution in [0.15, 0.2) is 59.2 Å². The van der Waals surface area contributed by atoms with E-state index in [1.165, 1.54) is 17.1 Å². The molecule has 0 atom stereocenters. The molecule has 1 N–H and O–H groups in total. The molecule has 2 heterocycles. The van der Waals surface area contributed by atoms with Crippen LogP contribution >= 0.6 is 39.5 Å². The molecule has 4 nitrogen and oxygen atoms in total. The largest absolute Gasteiger partial charge is 0.322 e. The molecular weight excluding hydrogens is 454 g/mol. The lowest BCUT2D eigenvalue weighted by atomic mass is 10.1. The average Bonchev–Trinajstić information content (AvgIpc) is 3.38. The zero-order valence-electron chi connectivity index (χ0n) is 15.4. The molecular formula is C21H20BrN3OS2. The molecule has 1 saturated heterocycles. The first-order valence-electron chi connectivity index (χ1n) is 9.13. The molecule has 7 heteroatoms. The SMILES string of the molecule is CCc1c(C(=O)Nc2cccc(C3SCCS3)c2)cnn1-c1ccc(Br)cc1. The van der Waals surface area contributed by atoms with Crippen LogP contribution in [-0.4, -0.2) is 27.2 Å². The highest BCUT2D eigenvalue weighted by Crippen LogP contribution is 2.45. The third kappa shape index (κ3) is 4.16. The number of thioether (sulfide) groups is 2. The van der Waals surface area contributed by atoms with Crippen molar-refractivity contribution in [2.45, 2.75) is 17.9 Å². The van der Waals surface area contributed by atoms with Gasteiger partial charge in [-0.25, -0.2) is 4.68 Å². The van der Waals surface area contributed by atoms with Gasteiger partial charge in [-0.1, -0.05) is 35.0 Å². The van der Waals surface area contributed by atoms with Gasteiger partial charge in [-0.15, -0.1) is 23.5 Å². The van der Waals surface area contributed by atoms with Crippen LogP contribution in [0, 0.1) is 0 Å². The number of benzene rings is 2. The summed E-state index contributed by atoms with van der Waals surface area (Å²) in [5.41, 5.74) is 4.54. The predicted molar refractivity (Wildman–Crippen MR) is 123 cm³/mol. The quantitative estimate of drug-likeness (QED) is 0.498. The molecule has 1 aliphatic rings. The summed E-state index contributed by atoms with van der Waals surface area (Å²) in [6.45, 7) is 2.04. The van der Waals surface area contributed by atoms with Crippen molar-refractivity contribution in [2.75, 3.05) is 16.8 Å². The van der Waals surface area contributed by atoms with Gasteiger partial charge in [0, 0.05) is 21.7 Å². The minimum atomic E-state index is -0.121. The van der Waals surface area contributed by atoms with Gasteiger partial charge in [0.2, 0.25) is 0 Å². The smallest absolute Gasteiger partial charge is 0.259 e. The van der Waals surface area contributed by atoms with E-state index in [1.807, 2.05) is 71.5 Å². The Hall–Kier alpha value is -1.70. The number of aromatic nitrogens is 2. The van der Waals surface area contributed by atoms with Crippen molar-refractivity contribution in [1.29, 1.82) is 0 Å². The molecule has 4 rings (SSSR count). The zero-order chi connectivity index (χ0) is 19.5. The number of rotatable bonds is 5. The standard InChI is InChI=1S/C21H20BrN3OS2/c1-2-19-18(13-23-25(19)17-8-6-15(22)7-9-17)20(26)24-16-5-3-4-14(12-16)21-27-10-11-28-21/h3-9,12-13,21H,2,10-11H2,1H3,(H,24,26). The number of hydrogen-bond acceptors (Lipinski definition) is 4. The maximum Gasteiger partial charge on any atom is 0.259 e. The summed E-state index contributed by atoms with van der Waals surface area (Å²) in [6, 6.07) is 16.1. The number of carbonyl (C=O) groups is 1. The van der Waals surface area contributed by atoms with Crippen molar-refractivity contribution < 1.29 is 4.79 Å². The molecule has 28 heavy (non-hydrogen) atoms. The van der Waals surface area contributed by atoms with Gasteiger partial charge in [0.25, 0.3) is 5.91 Å². The Balaban J connectivity index is 1.57. The Morgan fingerprint density at radius 2 is 1.96 bits per heavy atom. The fraction of sp³-hybridized carbons (Fsp3) is 0.238. The zero-order valence-corrected chi connectivity index (χ0v) is 18.6. The molecule has 1 amide bonds. The van der Waals surface area contributed by atoms with E-state index in [2.05, 4.69) is 38.5 Å². The topological polar surface area (TPSA) is 46.9 Å². The number of carbonyl (C=O) groups excluding carboxylic acids is 1. The Kier molecular flexibility index (Phi) is 6.13. The third-order valence-corrected chi connectivity index (χ3v) is 8.19. The average molecular weight is 474 g/mol. The Bertz CT molecular complexity index is 982. The van der Waals surface area contributed by atoms with Crippen molar-refractivity contribution >= 4 is 51.0 Å². The van der Waals surface area contributed by atoms with Crippen molar-refractivity contribution in [3.8, 4) is 5.69 Å². The third-order valence-electron chi connectivity index (χ3n) is 4.56. The summed E-state index contributed by atoms with van der Waals surface area (Å²) < 4.78 is 3.31. The van der Waals surface area contributed by atoms with Crippen LogP contribution in [0.25, 0.3) is 5.69 Å². The van der Waals surface area contributed by atoms with E-state index in [4.69, 9.17) is 0 Å². The van der Waals surface area contributed by atoms with Gasteiger partial charge >= 0.3 is 0 Å². The highest BCUT2D eigenvalue weighted by atomic mass is 79.9. The first-order chi connectivity index (χ1) is 13.7. The minimum absolute atomic E-state index is 0.121. The van der Waals surface area contributed by atoms with Crippen molar-refractivity contribution in [3.05, 3.63) is 76.0 Å². The lowest BCUT2D eigenvalue weighted by Gasteiger charge is -2.12. The van der Waals surface area contributed by atoms with Crippen molar-refractivity contribution in [2.24, 2.45) is 0 Å². The van der Waals surface area contributed by atoms with Crippen LogP contribution in [0.3, 0.4) is 0 Å². The minimum Gasteiger partial charge on any atom is -0.322 e. The number of anilines is 1. The van der Waals surface area contributed by atoms with Crippen LogP contribution in [0.5, 0.6) is 0 Å². The van der Waals surface area contributed by atoms with Crippen molar-refractivity contribution in [3.63, 3.8) is 0 Å². The van der Waals surface area contributed by atoms with Crippen LogP contribution < -0.4 is 5.32 Å². The van der Waals surface area contributed by atoms with Crippen LogP contribution in [0.2, 0.25) is 0 Å². The first kappa shape index (κ1) is 19.6. The van der Waals surface area contributed by atoms with E-state index in [0.717, 1.165) is 21.5 Å². The monoisotopic (exact) mass is 473 g/mol. The highest BCUT2D eigenvalue weighted by molar-refractivity contribution is 9.10. The second-order valence-electron chi connectivity index (χ2n) is 6.40. The number of hydrogen-bond donors (Lipinski definition) is 1. The second kappa shape index (κ2) is 8.76. The van der Waals surface area contributed by atoms with Crippen molar-refractivity contribution in [1.82, 2.24) is 9.78 Å². The molecule has 2 aromatic carbocycles.